The highest BCUT2D eigenvalue weighted by Gasteiger charge is 2.54. The van der Waals surface area contributed by atoms with Gasteiger partial charge in [0.15, 0.2) is 0 Å². The molecule has 1 aromatic carbocycles. The molecular formula is C23H28FN5O2. The van der Waals surface area contributed by atoms with E-state index in [9.17, 15) is 19.2 Å². The van der Waals surface area contributed by atoms with Crippen LogP contribution in [0.3, 0.4) is 0 Å². The van der Waals surface area contributed by atoms with Crippen LogP contribution in [0, 0.1) is 23.1 Å². The third-order valence-corrected chi connectivity index (χ3v) is 7.33. The number of likely N-dealkylation sites (tertiary alicyclic amines) is 3. The van der Waals surface area contributed by atoms with Gasteiger partial charge in [0.05, 0.1) is 24.2 Å². The lowest BCUT2D eigenvalue weighted by Crippen LogP contribution is -2.57. The van der Waals surface area contributed by atoms with Gasteiger partial charge < -0.3 is 15.5 Å². The number of nitrogens with two attached hydrogens (primary N) is 1. The number of carbonyl (C=O) groups is 2. The third kappa shape index (κ3) is 3.60. The van der Waals surface area contributed by atoms with Crippen LogP contribution in [0.2, 0.25) is 0 Å². The lowest BCUT2D eigenvalue weighted by atomic mass is 9.99. The number of nitriles is 1. The number of nitrogens with zero attached hydrogens (tertiary/aromatic N) is 4. The molecule has 8 heteroatoms. The van der Waals surface area contributed by atoms with E-state index in [1.807, 2.05) is 9.80 Å². The van der Waals surface area contributed by atoms with Crippen LogP contribution in [0.1, 0.15) is 43.7 Å². The summed E-state index contributed by atoms with van der Waals surface area (Å²) < 4.78 is 13.4. The Balaban J connectivity index is 1.26. The fraction of sp³-hybridized carbons (Fsp3) is 0.609. The number of carbonyl (C=O) groups excluding carboxylic acids is 2. The Kier molecular flexibility index (Phi) is 5.19. The molecule has 1 aliphatic carbocycles. The van der Waals surface area contributed by atoms with Crippen molar-refractivity contribution in [3.05, 3.63) is 35.6 Å². The summed E-state index contributed by atoms with van der Waals surface area (Å²) in [6, 6.07) is 7.43. The van der Waals surface area contributed by atoms with Gasteiger partial charge in [0.25, 0.3) is 0 Å². The van der Waals surface area contributed by atoms with E-state index >= 15 is 0 Å². The summed E-state index contributed by atoms with van der Waals surface area (Å²) in [5, 5.41) is 9.25. The van der Waals surface area contributed by atoms with Crippen molar-refractivity contribution in [2.75, 3.05) is 19.6 Å². The Morgan fingerprint density at radius 2 is 2.00 bits per heavy atom. The molecule has 5 rings (SSSR count). The molecule has 3 heterocycles. The third-order valence-electron chi connectivity index (χ3n) is 7.33. The number of halogens is 1. The number of fused-ring (bicyclic) bond motifs is 2. The summed E-state index contributed by atoms with van der Waals surface area (Å²) in [5.41, 5.74) is 7.23. The number of amides is 2. The minimum absolute atomic E-state index is 0.00143. The van der Waals surface area contributed by atoms with Gasteiger partial charge in [-0.15, -0.1) is 0 Å². The monoisotopic (exact) mass is 425 g/mol. The standard InChI is InChI=1S/C23H28FN5O2/c24-16-7-5-15(6-8-16)21(14-3-4-14)29-18-10-20(23(29)31)27(12-18)13-19(26)22(30)28-9-1-2-17(28)11-25/h5-8,14,17-21H,1-4,9-10,12-13,26H2/t17-,18+,19-,20+,21+/m0/s1. The van der Waals surface area contributed by atoms with Gasteiger partial charge >= 0.3 is 0 Å². The molecule has 0 aromatic heterocycles. The summed E-state index contributed by atoms with van der Waals surface area (Å²) in [7, 11) is 0. The highest BCUT2D eigenvalue weighted by molar-refractivity contribution is 5.87. The van der Waals surface area contributed by atoms with Gasteiger partial charge in [0, 0.05) is 25.7 Å². The van der Waals surface area contributed by atoms with Crippen LogP contribution in [-0.2, 0) is 9.59 Å². The Labute approximate surface area is 181 Å². The zero-order valence-corrected chi connectivity index (χ0v) is 17.5. The number of hydrogen-bond donors (Lipinski definition) is 1. The average Bonchev–Trinajstić information content (AvgIpc) is 3.20. The Morgan fingerprint density at radius 3 is 2.65 bits per heavy atom. The van der Waals surface area contributed by atoms with E-state index in [0.717, 1.165) is 31.2 Å². The first kappa shape index (κ1) is 20.4. The summed E-state index contributed by atoms with van der Waals surface area (Å²) in [5.74, 6) is 0.0599. The number of benzene rings is 1. The number of piperazine rings is 1. The largest absolute Gasteiger partial charge is 0.330 e. The fourth-order valence-corrected chi connectivity index (χ4v) is 5.70. The van der Waals surface area contributed by atoms with Crippen molar-refractivity contribution in [2.24, 2.45) is 11.7 Å². The molecule has 1 aromatic rings. The zero-order chi connectivity index (χ0) is 21.7. The average molecular weight is 426 g/mol. The molecule has 2 N–H and O–H groups in total. The minimum atomic E-state index is -0.731. The topological polar surface area (TPSA) is 93.7 Å². The van der Waals surface area contributed by atoms with Crippen molar-refractivity contribution in [1.29, 1.82) is 5.26 Å². The molecule has 4 aliphatic rings. The van der Waals surface area contributed by atoms with Crippen LogP contribution >= 0.6 is 0 Å². The van der Waals surface area contributed by atoms with Crippen LogP contribution in [0.15, 0.2) is 24.3 Å². The second kappa shape index (κ2) is 7.88. The predicted molar refractivity (Wildman–Crippen MR) is 111 cm³/mol. The van der Waals surface area contributed by atoms with Crippen LogP contribution in [-0.4, -0.2) is 70.3 Å². The fourth-order valence-electron chi connectivity index (χ4n) is 5.70. The first-order valence-electron chi connectivity index (χ1n) is 11.3. The van der Waals surface area contributed by atoms with E-state index in [2.05, 4.69) is 6.07 Å². The van der Waals surface area contributed by atoms with Crippen molar-refractivity contribution in [3.8, 4) is 6.07 Å². The molecule has 3 aliphatic heterocycles. The lowest BCUT2D eigenvalue weighted by Gasteiger charge is -2.40. The van der Waals surface area contributed by atoms with Crippen molar-refractivity contribution < 1.29 is 14.0 Å². The maximum atomic E-state index is 13.4. The normalized spacial score (nSPS) is 30.0. The molecule has 7 nitrogen and oxygen atoms in total. The Hall–Kier alpha value is -2.50. The molecule has 4 fully saturated rings. The Morgan fingerprint density at radius 1 is 1.26 bits per heavy atom. The van der Waals surface area contributed by atoms with Crippen LogP contribution in [0.25, 0.3) is 0 Å². The van der Waals surface area contributed by atoms with E-state index in [1.54, 1.807) is 17.0 Å². The minimum Gasteiger partial charge on any atom is -0.330 e. The summed E-state index contributed by atoms with van der Waals surface area (Å²) in [6.45, 7) is 1.60. The van der Waals surface area contributed by atoms with Crippen LogP contribution in [0.5, 0.6) is 0 Å². The number of hydrogen-bond acceptors (Lipinski definition) is 5. The van der Waals surface area contributed by atoms with Crippen molar-refractivity contribution in [2.45, 2.75) is 62.3 Å². The summed E-state index contributed by atoms with van der Waals surface area (Å²) >= 11 is 0. The molecule has 0 radical (unpaired) electrons. The summed E-state index contributed by atoms with van der Waals surface area (Å²) in [4.78, 5) is 31.7. The first-order valence-corrected chi connectivity index (χ1v) is 11.3. The van der Waals surface area contributed by atoms with Gasteiger partial charge in [-0.1, -0.05) is 12.1 Å². The summed E-state index contributed by atoms with van der Waals surface area (Å²) in [6.07, 6.45) is 4.44. The molecule has 1 saturated carbocycles. The van der Waals surface area contributed by atoms with E-state index in [-0.39, 0.29) is 41.8 Å². The van der Waals surface area contributed by atoms with Gasteiger partial charge in [-0.3, -0.25) is 14.5 Å². The van der Waals surface area contributed by atoms with Crippen molar-refractivity contribution in [1.82, 2.24) is 14.7 Å². The molecule has 31 heavy (non-hydrogen) atoms. The second-order valence-corrected chi connectivity index (χ2v) is 9.36. The first-order chi connectivity index (χ1) is 15.0. The van der Waals surface area contributed by atoms with Gasteiger partial charge in [-0.05, 0) is 55.7 Å². The molecule has 164 valence electrons. The van der Waals surface area contributed by atoms with Gasteiger partial charge in [0.2, 0.25) is 11.8 Å². The maximum absolute atomic E-state index is 13.4. The van der Waals surface area contributed by atoms with E-state index in [4.69, 9.17) is 5.73 Å². The zero-order valence-electron chi connectivity index (χ0n) is 17.5. The molecular weight excluding hydrogens is 397 g/mol. The van der Waals surface area contributed by atoms with Crippen LogP contribution in [0.4, 0.5) is 4.39 Å². The molecule has 2 amide bonds. The van der Waals surface area contributed by atoms with Gasteiger partial charge in [-0.2, -0.15) is 5.26 Å². The predicted octanol–water partition coefficient (Wildman–Crippen LogP) is 1.40. The quantitative estimate of drug-likeness (QED) is 0.744. The molecule has 0 unspecified atom stereocenters. The van der Waals surface area contributed by atoms with E-state index in [0.29, 0.717) is 32.0 Å². The van der Waals surface area contributed by atoms with E-state index < -0.39 is 6.04 Å². The molecule has 0 spiro atoms. The highest BCUT2D eigenvalue weighted by Crippen LogP contribution is 2.49. The molecule has 5 atom stereocenters. The smallest absolute Gasteiger partial charge is 0.241 e. The van der Waals surface area contributed by atoms with Crippen molar-refractivity contribution in [3.63, 3.8) is 0 Å². The van der Waals surface area contributed by atoms with Crippen LogP contribution < -0.4 is 5.73 Å². The number of rotatable bonds is 6. The highest BCUT2D eigenvalue weighted by atomic mass is 19.1. The molecule has 3 saturated heterocycles. The van der Waals surface area contributed by atoms with Gasteiger partial charge in [0.1, 0.15) is 11.9 Å². The Bertz CT molecular complexity index is 912. The lowest BCUT2D eigenvalue weighted by molar-refractivity contribution is -0.141. The molecule has 2 bridgehead atoms. The second-order valence-electron chi connectivity index (χ2n) is 9.36. The SMILES string of the molecule is N#C[C@@H]1CCCN1C(=O)[C@@H](N)CN1C[C@H]2C[C@@H]1C(=O)N2[C@@H](c1ccc(F)cc1)C1CC1. The van der Waals surface area contributed by atoms with Crippen molar-refractivity contribution >= 4 is 11.8 Å². The maximum Gasteiger partial charge on any atom is 0.241 e. The van der Waals surface area contributed by atoms with Gasteiger partial charge in [-0.25, -0.2) is 4.39 Å². The van der Waals surface area contributed by atoms with E-state index in [1.165, 1.54) is 12.1 Å².